The third-order valence-electron chi connectivity index (χ3n) is 4.37. The van der Waals surface area contributed by atoms with E-state index in [1.54, 1.807) is 12.4 Å². The van der Waals surface area contributed by atoms with Crippen LogP contribution in [-0.2, 0) is 24.3 Å². The molecule has 0 spiro atoms. The van der Waals surface area contributed by atoms with Crippen molar-refractivity contribution in [3.8, 4) is 5.75 Å². The zero-order valence-electron chi connectivity index (χ0n) is 12.4. The van der Waals surface area contributed by atoms with Crippen molar-refractivity contribution < 1.29 is 14.0 Å². The van der Waals surface area contributed by atoms with Crippen molar-refractivity contribution in [3.63, 3.8) is 0 Å². The Morgan fingerprint density at radius 1 is 1.41 bits per heavy atom. The lowest BCUT2D eigenvalue weighted by Gasteiger charge is -2.30. The highest BCUT2D eigenvalue weighted by molar-refractivity contribution is 5.26. The van der Waals surface area contributed by atoms with Gasteiger partial charge in [0.25, 0.3) is 0 Å². The monoisotopic (exact) mass is 301 g/mol. The molecule has 4 rings (SSSR count). The topological polar surface area (TPSA) is 60.6 Å². The third-order valence-corrected chi connectivity index (χ3v) is 4.37. The van der Waals surface area contributed by atoms with Crippen LogP contribution in [0.5, 0.6) is 5.75 Å². The van der Waals surface area contributed by atoms with Crippen LogP contribution in [-0.4, -0.2) is 40.8 Å². The van der Waals surface area contributed by atoms with Gasteiger partial charge in [-0.15, -0.1) is 0 Å². The molecule has 2 aliphatic rings. The maximum absolute atomic E-state index is 5.75. The second-order valence-electron chi connectivity index (χ2n) is 5.75. The van der Waals surface area contributed by atoms with Crippen molar-refractivity contribution in [2.24, 2.45) is 0 Å². The lowest BCUT2D eigenvalue weighted by molar-refractivity contribution is 0.131. The fourth-order valence-corrected chi connectivity index (χ4v) is 3.10. The Balaban J connectivity index is 1.45. The second-order valence-corrected chi connectivity index (χ2v) is 5.75. The van der Waals surface area contributed by atoms with Gasteiger partial charge in [0.15, 0.2) is 0 Å². The minimum absolute atomic E-state index is 0.416. The number of hydrogen-bond acceptors (Lipinski definition) is 6. The van der Waals surface area contributed by atoms with E-state index in [4.69, 9.17) is 14.0 Å². The predicted molar refractivity (Wildman–Crippen MR) is 78.4 cm³/mol. The lowest BCUT2D eigenvalue weighted by Crippen LogP contribution is -2.39. The van der Waals surface area contributed by atoms with Gasteiger partial charge in [0.05, 0.1) is 12.8 Å². The summed E-state index contributed by atoms with van der Waals surface area (Å²) in [5.74, 6) is 1.75. The number of pyridine rings is 1. The van der Waals surface area contributed by atoms with Gasteiger partial charge in [0.1, 0.15) is 23.8 Å². The number of hydrogen-bond donors (Lipinski definition) is 0. The van der Waals surface area contributed by atoms with E-state index < -0.39 is 0 Å². The highest BCUT2D eigenvalue weighted by Gasteiger charge is 2.30. The van der Waals surface area contributed by atoms with E-state index in [9.17, 15) is 0 Å². The van der Waals surface area contributed by atoms with Crippen molar-refractivity contribution in [3.05, 3.63) is 41.5 Å². The van der Waals surface area contributed by atoms with E-state index in [0.29, 0.717) is 12.6 Å². The molecule has 0 saturated carbocycles. The van der Waals surface area contributed by atoms with E-state index in [1.165, 1.54) is 5.56 Å². The molecule has 1 atom stereocenters. The summed E-state index contributed by atoms with van der Waals surface area (Å²) in [5.41, 5.74) is 2.07. The molecule has 0 aromatic carbocycles. The van der Waals surface area contributed by atoms with Crippen LogP contribution in [0, 0.1) is 0 Å². The molecule has 0 bridgehead atoms. The summed E-state index contributed by atoms with van der Waals surface area (Å²) in [5, 5.41) is 4.20. The van der Waals surface area contributed by atoms with Crippen molar-refractivity contribution in [1.29, 1.82) is 0 Å². The molecule has 116 valence electrons. The summed E-state index contributed by atoms with van der Waals surface area (Å²) in [6.45, 7) is 4.01. The summed E-state index contributed by atoms with van der Waals surface area (Å²) < 4.78 is 16.7. The smallest absolute Gasteiger partial charge is 0.142 e. The third kappa shape index (κ3) is 2.71. The highest BCUT2D eigenvalue weighted by atomic mass is 16.5. The molecule has 6 nitrogen and oxygen atoms in total. The van der Waals surface area contributed by atoms with E-state index >= 15 is 0 Å². The van der Waals surface area contributed by atoms with Crippen molar-refractivity contribution in [2.45, 2.75) is 32.0 Å². The highest BCUT2D eigenvalue weighted by Crippen LogP contribution is 2.26. The van der Waals surface area contributed by atoms with E-state index in [0.717, 1.165) is 56.3 Å². The standard InChI is InChI=1S/C16H19N3O3/c1-2-13(8-17-5-1)21-11-15-14-9-19(12-4-7-20-10-12)6-3-16(14)22-18-15/h1-2,5,8,12H,3-4,6-7,9-11H2/t12-/m0/s1. The molecule has 2 aliphatic heterocycles. The molecular weight excluding hydrogens is 282 g/mol. The predicted octanol–water partition coefficient (Wildman–Crippen LogP) is 1.80. The normalized spacial score (nSPS) is 21.7. The first-order valence-corrected chi connectivity index (χ1v) is 7.71. The number of nitrogens with zero attached hydrogens (tertiary/aromatic N) is 3. The Labute approximate surface area is 129 Å². The molecule has 0 radical (unpaired) electrons. The molecule has 4 heterocycles. The summed E-state index contributed by atoms with van der Waals surface area (Å²) >= 11 is 0. The summed E-state index contributed by atoms with van der Waals surface area (Å²) in [4.78, 5) is 6.52. The Hall–Kier alpha value is -1.92. The van der Waals surface area contributed by atoms with Crippen LogP contribution in [0.25, 0.3) is 0 Å². The second kappa shape index (κ2) is 6.06. The van der Waals surface area contributed by atoms with Crippen molar-refractivity contribution >= 4 is 0 Å². The van der Waals surface area contributed by atoms with Crippen LogP contribution in [0.15, 0.2) is 29.0 Å². The molecule has 0 unspecified atom stereocenters. The molecule has 2 aromatic rings. The van der Waals surface area contributed by atoms with E-state index in [-0.39, 0.29) is 0 Å². The van der Waals surface area contributed by atoms with Crippen LogP contribution in [0.4, 0.5) is 0 Å². The minimum Gasteiger partial charge on any atom is -0.486 e. The number of aromatic nitrogens is 2. The molecule has 22 heavy (non-hydrogen) atoms. The minimum atomic E-state index is 0.416. The van der Waals surface area contributed by atoms with E-state index in [1.807, 2.05) is 12.1 Å². The first kappa shape index (κ1) is 13.7. The largest absolute Gasteiger partial charge is 0.486 e. The van der Waals surface area contributed by atoms with Crippen molar-refractivity contribution in [2.75, 3.05) is 19.8 Å². The average Bonchev–Trinajstić information content (AvgIpc) is 3.23. The van der Waals surface area contributed by atoms with Gasteiger partial charge in [-0.05, 0) is 18.6 Å². The van der Waals surface area contributed by atoms with Gasteiger partial charge in [-0.3, -0.25) is 9.88 Å². The number of ether oxygens (including phenoxy) is 2. The molecule has 0 amide bonds. The first-order chi connectivity index (χ1) is 10.9. The van der Waals surface area contributed by atoms with Crippen LogP contribution in [0.1, 0.15) is 23.4 Å². The first-order valence-electron chi connectivity index (χ1n) is 7.71. The molecule has 1 fully saturated rings. The Bertz CT molecular complexity index is 623. The number of rotatable bonds is 4. The fraction of sp³-hybridized carbons (Fsp3) is 0.500. The van der Waals surface area contributed by atoms with Gasteiger partial charge in [0, 0.05) is 43.9 Å². The molecule has 0 N–H and O–H groups in total. The van der Waals surface area contributed by atoms with Gasteiger partial charge >= 0.3 is 0 Å². The Kier molecular flexibility index (Phi) is 3.78. The summed E-state index contributed by atoms with van der Waals surface area (Å²) in [6, 6.07) is 4.27. The van der Waals surface area contributed by atoms with Gasteiger partial charge < -0.3 is 14.0 Å². The summed E-state index contributed by atoms with van der Waals surface area (Å²) in [7, 11) is 0. The quantitative estimate of drug-likeness (QED) is 0.858. The Morgan fingerprint density at radius 3 is 3.23 bits per heavy atom. The maximum Gasteiger partial charge on any atom is 0.142 e. The fourth-order valence-electron chi connectivity index (χ4n) is 3.10. The molecular formula is C16H19N3O3. The van der Waals surface area contributed by atoms with Gasteiger partial charge in [-0.25, -0.2) is 0 Å². The molecule has 6 heteroatoms. The van der Waals surface area contributed by atoms with Crippen LogP contribution < -0.4 is 4.74 Å². The van der Waals surface area contributed by atoms with Gasteiger partial charge in [-0.2, -0.15) is 0 Å². The molecule has 1 saturated heterocycles. The number of fused-ring (bicyclic) bond motifs is 1. The Morgan fingerprint density at radius 2 is 2.41 bits per heavy atom. The van der Waals surface area contributed by atoms with Crippen LogP contribution in [0.2, 0.25) is 0 Å². The average molecular weight is 301 g/mol. The zero-order valence-corrected chi connectivity index (χ0v) is 12.4. The summed E-state index contributed by atoms with van der Waals surface area (Å²) in [6.07, 6.45) is 5.45. The molecule has 2 aromatic heterocycles. The maximum atomic E-state index is 5.75. The lowest BCUT2D eigenvalue weighted by atomic mass is 10.0. The SMILES string of the molecule is c1cncc(OCc2noc3c2CN([C@H]2CCOC2)CC3)c1. The van der Waals surface area contributed by atoms with Crippen LogP contribution in [0.3, 0.4) is 0 Å². The molecule has 0 aliphatic carbocycles. The van der Waals surface area contributed by atoms with Crippen LogP contribution >= 0.6 is 0 Å². The van der Waals surface area contributed by atoms with Gasteiger partial charge in [-0.1, -0.05) is 5.16 Å². The van der Waals surface area contributed by atoms with Gasteiger partial charge in [0.2, 0.25) is 0 Å². The zero-order chi connectivity index (χ0) is 14.8. The van der Waals surface area contributed by atoms with Crippen molar-refractivity contribution in [1.82, 2.24) is 15.0 Å². The van der Waals surface area contributed by atoms with E-state index in [2.05, 4.69) is 15.0 Å².